The van der Waals surface area contributed by atoms with Gasteiger partial charge < -0.3 is 24.6 Å². The molecule has 12 heteroatoms. The van der Waals surface area contributed by atoms with Gasteiger partial charge in [0, 0.05) is 62.3 Å². The predicted molar refractivity (Wildman–Crippen MR) is 188 cm³/mol. The van der Waals surface area contributed by atoms with Crippen LogP contribution in [0.1, 0.15) is 42.1 Å². The van der Waals surface area contributed by atoms with Crippen LogP contribution in [0.4, 0.5) is 26.6 Å². The third-order valence-corrected chi connectivity index (χ3v) is 8.89. The number of carboxylic acid groups (broad SMARTS) is 1. The van der Waals surface area contributed by atoms with E-state index in [0.717, 1.165) is 49.4 Å². The summed E-state index contributed by atoms with van der Waals surface area (Å²) in [4.78, 5) is 28.0. The van der Waals surface area contributed by atoms with Gasteiger partial charge >= 0.3 is 6.09 Å². The van der Waals surface area contributed by atoms with Crippen LogP contribution in [-0.2, 0) is 0 Å². The molecule has 0 spiro atoms. The van der Waals surface area contributed by atoms with Crippen LogP contribution in [0.25, 0.3) is 0 Å². The Morgan fingerprint density at radius 2 is 1.69 bits per heavy atom. The van der Waals surface area contributed by atoms with E-state index in [-0.39, 0.29) is 17.5 Å². The third kappa shape index (κ3) is 8.38. The second kappa shape index (κ2) is 16.0. The maximum atomic E-state index is 15.1. The number of nitrogens with zero attached hydrogens (tertiary/aromatic N) is 5. The molecular formula is C37H45FN6O5. The number of methoxy groups -OCH3 is 2. The van der Waals surface area contributed by atoms with Crippen LogP contribution in [0, 0.1) is 19.7 Å². The van der Waals surface area contributed by atoms with Crippen molar-refractivity contribution in [2.75, 3.05) is 63.8 Å². The van der Waals surface area contributed by atoms with Crippen molar-refractivity contribution in [1.29, 1.82) is 0 Å². The van der Waals surface area contributed by atoms with E-state index in [0.29, 0.717) is 35.4 Å². The molecule has 1 unspecified atom stereocenters. The number of hydrogen-bond acceptors (Lipinski definition) is 9. The van der Waals surface area contributed by atoms with Gasteiger partial charge in [-0.1, -0.05) is 18.2 Å². The molecule has 0 bridgehead atoms. The van der Waals surface area contributed by atoms with Crippen LogP contribution in [0.2, 0.25) is 0 Å². The molecule has 2 N–H and O–H groups in total. The van der Waals surface area contributed by atoms with E-state index in [9.17, 15) is 9.90 Å². The van der Waals surface area contributed by atoms with Crippen LogP contribution in [0.3, 0.4) is 0 Å². The molecule has 1 fully saturated rings. The molecule has 1 aliphatic rings. The molecule has 4 aromatic rings. The minimum Gasteiger partial charge on any atom is -0.497 e. The van der Waals surface area contributed by atoms with E-state index in [4.69, 9.17) is 14.2 Å². The highest BCUT2D eigenvalue weighted by molar-refractivity contribution is 5.87. The zero-order valence-corrected chi connectivity index (χ0v) is 28.9. The van der Waals surface area contributed by atoms with Crippen LogP contribution in [0.5, 0.6) is 17.2 Å². The van der Waals surface area contributed by atoms with Gasteiger partial charge in [-0.05, 0) is 80.8 Å². The summed E-state index contributed by atoms with van der Waals surface area (Å²) >= 11 is 0. The number of aryl methyl sites for hydroxylation is 2. The second-order valence-electron chi connectivity index (χ2n) is 12.3. The molecule has 0 radical (unpaired) electrons. The molecule has 1 saturated heterocycles. The molecule has 3 aromatic carbocycles. The fraction of sp³-hybridized carbons (Fsp3) is 0.378. The minimum atomic E-state index is -1.24. The normalized spacial score (nSPS) is 14.4. The monoisotopic (exact) mass is 672 g/mol. The molecule has 0 saturated carbocycles. The first-order chi connectivity index (χ1) is 23.6. The molecule has 49 heavy (non-hydrogen) atoms. The predicted octanol–water partition coefficient (Wildman–Crippen LogP) is 6.67. The molecule has 1 aliphatic heterocycles. The van der Waals surface area contributed by atoms with Gasteiger partial charge in [-0.3, -0.25) is 9.80 Å². The molecular weight excluding hydrogens is 627 g/mol. The van der Waals surface area contributed by atoms with E-state index in [1.54, 1.807) is 37.4 Å². The first kappa shape index (κ1) is 35.4. The zero-order chi connectivity index (χ0) is 35.1. The number of halogens is 1. The summed E-state index contributed by atoms with van der Waals surface area (Å²) in [6.07, 6.45) is 0.219. The molecule has 260 valence electrons. The van der Waals surface area contributed by atoms with E-state index in [2.05, 4.69) is 38.9 Å². The van der Waals surface area contributed by atoms with E-state index < -0.39 is 18.0 Å². The lowest BCUT2D eigenvalue weighted by Crippen LogP contribution is -2.49. The van der Waals surface area contributed by atoms with Gasteiger partial charge in [0.05, 0.1) is 20.3 Å². The molecule has 1 aromatic heterocycles. The summed E-state index contributed by atoms with van der Waals surface area (Å²) in [6.45, 7) is 13.3. The Bertz CT molecular complexity index is 1730. The first-order valence-corrected chi connectivity index (χ1v) is 16.4. The van der Waals surface area contributed by atoms with E-state index >= 15 is 4.39 Å². The van der Waals surface area contributed by atoms with E-state index in [1.807, 2.05) is 32.0 Å². The highest BCUT2D eigenvalue weighted by Gasteiger charge is 2.34. The van der Waals surface area contributed by atoms with Gasteiger partial charge in [0.25, 0.3) is 0 Å². The second-order valence-corrected chi connectivity index (χ2v) is 12.3. The van der Waals surface area contributed by atoms with Crippen molar-refractivity contribution < 1.29 is 28.5 Å². The largest absolute Gasteiger partial charge is 0.497 e. The van der Waals surface area contributed by atoms with Crippen LogP contribution in [-0.4, -0.2) is 90.6 Å². The van der Waals surface area contributed by atoms with Crippen molar-refractivity contribution in [3.05, 3.63) is 94.9 Å². The summed E-state index contributed by atoms with van der Waals surface area (Å²) in [5.74, 6) is 0.854. The number of benzene rings is 3. The Balaban J connectivity index is 1.38. The number of carbonyl (C=O) groups is 1. The molecule has 0 aliphatic carbocycles. The standard InChI is InChI=1S/C37H45FN6O5/c1-24(2)43-18-16-42(17-19-43)20-21-49-32-12-10-27(22-30(32)38)40-36-39-15-14-33(41-36)44(37(45)46)35(34-25(3)8-7-9-26(34)4)29-23-28(47-5)11-13-31(29)48-6/h7-15,22-24,35H,16-21H2,1-6H3,(H,45,46)(H,39,40,41). The average Bonchev–Trinajstić information content (AvgIpc) is 3.08. The number of aromatic nitrogens is 2. The molecule has 1 atom stereocenters. The smallest absolute Gasteiger partial charge is 0.413 e. The Kier molecular flexibility index (Phi) is 11.5. The van der Waals surface area contributed by atoms with Crippen molar-refractivity contribution in [2.24, 2.45) is 0 Å². The van der Waals surface area contributed by atoms with Gasteiger partial charge in [0.15, 0.2) is 11.6 Å². The third-order valence-electron chi connectivity index (χ3n) is 8.89. The van der Waals surface area contributed by atoms with Gasteiger partial charge in [-0.2, -0.15) is 4.98 Å². The number of anilines is 3. The first-order valence-electron chi connectivity index (χ1n) is 16.4. The summed E-state index contributed by atoms with van der Waals surface area (Å²) in [7, 11) is 3.09. The average molecular weight is 673 g/mol. The number of hydrogen-bond donors (Lipinski definition) is 2. The van der Waals surface area contributed by atoms with Gasteiger partial charge in [-0.15, -0.1) is 0 Å². The Labute approximate surface area is 287 Å². The fourth-order valence-corrected chi connectivity index (χ4v) is 6.23. The van der Waals surface area contributed by atoms with Crippen molar-refractivity contribution in [2.45, 2.75) is 39.8 Å². The van der Waals surface area contributed by atoms with E-state index in [1.165, 1.54) is 30.3 Å². The quantitative estimate of drug-likeness (QED) is 0.160. The molecule has 11 nitrogen and oxygen atoms in total. The van der Waals surface area contributed by atoms with Crippen molar-refractivity contribution in [1.82, 2.24) is 19.8 Å². The Hall–Kier alpha value is -4.94. The minimum absolute atomic E-state index is 0.0928. The summed E-state index contributed by atoms with van der Waals surface area (Å²) in [5.41, 5.74) is 3.51. The Morgan fingerprint density at radius 1 is 0.980 bits per heavy atom. The maximum absolute atomic E-state index is 15.1. The molecule has 5 rings (SSSR count). The molecule has 2 heterocycles. The number of amides is 1. The fourth-order valence-electron chi connectivity index (χ4n) is 6.23. The topological polar surface area (TPSA) is 113 Å². The van der Waals surface area contributed by atoms with Crippen molar-refractivity contribution in [3.8, 4) is 17.2 Å². The number of rotatable bonds is 13. The SMILES string of the molecule is COc1ccc(OC)c(C(c2c(C)cccc2C)N(C(=O)O)c2ccnc(Nc3ccc(OCCN4CCN(C(C)C)CC4)c(F)c3)n2)c1. The van der Waals surface area contributed by atoms with Crippen LogP contribution < -0.4 is 24.4 Å². The summed E-state index contributed by atoms with van der Waals surface area (Å²) < 4.78 is 32.1. The van der Waals surface area contributed by atoms with Gasteiger partial charge in [0.1, 0.15) is 23.9 Å². The highest BCUT2D eigenvalue weighted by Crippen LogP contribution is 2.41. The maximum Gasteiger partial charge on any atom is 0.413 e. The van der Waals surface area contributed by atoms with Crippen molar-refractivity contribution in [3.63, 3.8) is 0 Å². The lowest BCUT2D eigenvalue weighted by atomic mass is 9.89. The molecule has 1 amide bonds. The highest BCUT2D eigenvalue weighted by atomic mass is 19.1. The van der Waals surface area contributed by atoms with Gasteiger partial charge in [0.2, 0.25) is 5.95 Å². The lowest BCUT2D eigenvalue weighted by Gasteiger charge is -2.36. The summed E-state index contributed by atoms with van der Waals surface area (Å²) in [6, 6.07) is 16.8. The van der Waals surface area contributed by atoms with Gasteiger partial charge in [-0.25, -0.2) is 19.1 Å². The number of piperazine rings is 1. The zero-order valence-electron chi connectivity index (χ0n) is 28.9. The van der Waals surface area contributed by atoms with Crippen molar-refractivity contribution >= 4 is 23.5 Å². The number of ether oxygens (including phenoxy) is 3. The van der Waals surface area contributed by atoms with Crippen LogP contribution >= 0.6 is 0 Å². The Morgan fingerprint density at radius 3 is 2.33 bits per heavy atom. The summed E-state index contributed by atoms with van der Waals surface area (Å²) in [5, 5.41) is 13.7. The number of nitrogens with one attached hydrogen (secondary N) is 1. The lowest BCUT2D eigenvalue weighted by molar-refractivity contribution is 0.0965. The van der Waals surface area contributed by atoms with Crippen LogP contribution in [0.15, 0.2) is 66.9 Å².